The monoisotopic (exact) mass is 435 g/mol. The highest BCUT2D eigenvalue weighted by atomic mass is 35.5. The van der Waals surface area contributed by atoms with E-state index in [9.17, 15) is 14.7 Å². The minimum atomic E-state index is -1.20. The van der Waals surface area contributed by atoms with E-state index in [4.69, 9.17) is 16.3 Å². The number of fused-ring (bicyclic) bond motifs is 5. The Morgan fingerprint density at radius 2 is 1.94 bits per heavy atom. The van der Waals surface area contributed by atoms with Crippen molar-refractivity contribution in [3.8, 4) is 28.1 Å². The fraction of sp³-hybridized carbons (Fsp3) is 0.280. The van der Waals surface area contributed by atoms with Gasteiger partial charge in [-0.05, 0) is 30.0 Å². The maximum Gasteiger partial charge on any atom is 0.341 e. The average Bonchev–Trinajstić information content (AvgIpc) is 3.22. The number of hydrogen-bond acceptors (Lipinski definition) is 3. The molecule has 0 radical (unpaired) electrons. The van der Waals surface area contributed by atoms with Crippen molar-refractivity contribution in [2.45, 2.75) is 32.7 Å². The fourth-order valence-electron chi connectivity index (χ4n) is 4.85. The average molecular weight is 436 g/mol. The van der Waals surface area contributed by atoms with Crippen molar-refractivity contribution in [3.05, 3.63) is 74.5 Å². The van der Waals surface area contributed by atoms with Crippen molar-refractivity contribution >= 4 is 17.6 Å². The number of nitrogens with zero attached hydrogens (tertiary/aromatic N) is 1. The summed E-state index contributed by atoms with van der Waals surface area (Å²) >= 11 is 6.51. The Kier molecular flexibility index (Phi) is 4.67. The largest absolute Gasteiger partial charge is 0.492 e. The number of hydrogen-bond donors (Lipinski definition) is 1. The van der Waals surface area contributed by atoms with Gasteiger partial charge < -0.3 is 14.4 Å². The summed E-state index contributed by atoms with van der Waals surface area (Å²) in [6.45, 7) is 4.85. The summed E-state index contributed by atoms with van der Waals surface area (Å²) < 4.78 is 8.03. The Hall–Kier alpha value is -3.05. The number of carboxylic acid groups (broad SMARTS) is 1. The molecule has 1 atom stereocenters. The van der Waals surface area contributed by atoms with Gasteiger partial charge in [-0.25, -0.2) is 4.79 Å². The van der Waals surface area contributed by atoms with E-state index in [1.165, 1.54) is 23.4 Å². The summed E-state index contributed by atoms with van der Waals surface area (Å²) in [6.07, 6.45) is 3.07. The van der Waals surface area contributed by atoms with Crippen LogP contribution in [0, 0.1) is 5.92 Å². The molecule has 1 unspecified atom stereocenters. The smallest absolute Gasteiger partial charge is 0.341 e. The van der Waals surface area contributed by atoms with Gasteiger partial charge >= 0.3 is 5.97 Å². The molecule has 0 bridgehead atoms. The SMILES string of the molecule is CC(C)C1Cc2c(cc(-c3ccccc3Cl)c3c2CCO3)-c2cc(=O)c(C(=O)O)cn21. The summed E-state index contributed by atoms with van der Waals surface area (Å²) in [5.74, 6) is -0.0720. The molecule has 2 aliphatic heterocycles. The third-order valence-corrected chi connectivity index (χ3v) is 6.71. The van der Waals surface area contributed by atoms with Gasteiger partial charge in [-0.15, -0.1) is 0 Å². The number of ether oxygens (including phenoxy) is 1. The van der Waals surface area contributed by atoms with Crippen LogP contribution >= 0.6 is 11.6 Å². The van der Waals surface area contributed by atoms with Crippen molar-refractivity contribution in [2.24, 2.45) is 5.92 Å². The molecular weight excluding hydrogens is 414 g/mol. The van der Waals surface area contributed by atoms with E-state index < -0.39 is 11.4 Å². The molecule has 0 saturated heterocycles. The molecule has 1 N–H and O–H groups in total. The number of halogens is 1. The Morgan fingerprint density at radius 3 is 2.65 bits per heavy atom. The molecule has 1 aromatic heterocycles. The number of benzene rings is 2. The maximum absolute atomic E-state index is 12.6. The van der Waals surface area contributed by atoms with Crippen LogP contribution < -0.4 is 10.2 Å². The lowest BCUT2D eigenvalue weighted by Gasteiger charge is -2.34. The summed E-state index contributed by atoms with van der Waals surface area (Å²) in [5, 5.41) is 10.1. The predicted octanol–water partition coefficient (Wildman–Crippen LogP) is 5.22. The second-order valence-corrected chi connectivity index (χ2v) is 8.91. The van der Waals surface area contributed by atoms with Gasteiger partial charge in [-0.2, -0.15) is 0 Å². The van der Waals surface area contributed by atoms with Gasteiger partial charge in [-0.3, -0.25) is 4.79 Å². The molecule has 2 aromatic carbocycles. The molecule has 5 rings (SSSR count). The van der Waals surface area contributed by atoms with E-state index in [2.05, 4.69) is 13.8 Å². The molecule has 5 nitrogen and oxygen atoms in total. The zero-order valence-electron chi connectivity index (χ0n) is 17.3. The van der Waals surface area contributed by atoms with Crippen molar-refractivity contribution < 1.29 is 14.6 Å². The Balaban J connectivity index is 1.83. The Labute approximate surface area is 184 Å². The normalized spacial score (nSPS) is 16.5. The van der Waals surface area contributed by atoms with Gasteiger partial charge in [0.2, 0.25) is 0 Å². The molecular formula is C25H22ClNO4. The van der Waals surface area contributed by atoms with E-state index in [1.807, 2.05) is 34.9 Å². The lowest BCUT2D eigenvalue weighted by atomic mass is 9.82. The van der Waals surface area contributed by atoms with Crippen LogP contribution in [0.5, 0.6) is 5.75 Å². The number of aromatic nitrogens is 1. The van der Waals surface area contributed by atoms with Crippen LogP contribution in [0.15, 0.2) is 47.4 Å². The Morgan fingerprint density at radius 1 is 1.16 bits per heavy atom. The highest BCUT2D eigenvalue weighted by molar-refractivity contribution is 6.33. The highest BCUT2D eigenvalue weighted by Crippen LogP contribution is 2.48. The number of carboxylic acids is 1. The summed E-state index contributed by atoms with van der Waals surface area (Å²) in [6, 6.07) is 11.2. The van der Waals surface area contributed by atoms with E-state index in [0.29, 0.717) is 11.6 Å². The van der Waals surface area contributed by atoms with Crippen LogP contribution in [0.4, 0.5) is 0 Å². The van der Waals surface area contributed by atoms with Gasteiger partial charge in [-0.1, -0.05) is 43.6 Å². The van der Waals surface area contributed by atoms with Crippen molar-refractivity contribution in [3.63, 3.8) is 0 Å². The molecule has 3 heterocycles. The van der Waals surface area contributed by atoms with E-state index in [1.54, 1.807) is 0 Å². The second kappa shape index (κ2) is 7.27. The zero-order chi connectivity index (χ0) is 21.9. The molecule has 0 amide bonds. The molecule has 158 valence electrons. The second-order valence-electron chi connectivity index (χ2n) is 8.50. The summed E-state index contributed by atoms with van der Waals surface area (Å²) in [7, 11) is 0. The number of carbonyl (C=O) groups is 1. The molecule has 0 saturated carbocycles. The number of aromatic carboxylic acids is 1. The molecule has 31 heavy (non-hydrogen) atoms. The lowest BCUT2D eigenvalue weighted by Crippen LogP contribution is -2.28. The lowest BCUT2D eigenvalue weighted by molar-refractivity contribution is 0.0694. The van der Waals surface area contributed by atoms with Crippen LogP contribution in [-0.4, -0.2) is 22.2 Å². The first-order valence-corrected chi connectivity index (χ1v) is 10.8. The number of rotatable bonds is 3. The summed E-state index contributed by atoms with van der Waals surface area (Å²) in [5.41, 5.74) is 5.15. The fourth-order valence-corrected chi connectivity index (χ4v) is 5.09. The van der Waals surface area contributed by atoms with Gasteiger partial charge in [0.15, 0.2) is 5.43 Å². The summed E-state index contributed by atoms with van der Waals surface area (Å²) in [4.78, 5) is 24.2. The van der Waals surface area contributed by atoms with Gasteiger partial charge in [0, 0.05) is 52.0 Å². The molecule has 6 heteroatoms. The topological polar surface area (TPSA) is 68.5 Å². The highest BCUT2D eigenvalue weighted by Gasteiger charge is 2.33. The molecule has 0 aliphatic carbocycles. The van der Waals surface area contributed by atoms with Crippen molar-refractivity contribution in [2.75, 3.05) is 6.61 Å². The van der Waals surface area contributed by atoms with Crippen molar-refractivity contribution in [1.29, 1.82) is 0 Å². The van der Waals surface area contributed by atoms with Crippen LogP contribution in [0.25, 0.3) is 22.4 Å². The van der Waals surface area contributed by atoms with Gasteiger partial charge in [0.1, 0.15) is 11.3 Å². The van der Waals surface area contributed by atoms with E-state index >= 15 is 0 Å². The quantitative estimate of drug-likeness (QED) is 0.612. The standard InChI is InChI=1S/C25H22ClNO4/c1-13(2)21-10-16-15-7-8-31-24(15)18(14-5-3-4-6-20(14)26)9-17(16)22-11-23(28)19(25(29)30)12-27(21)22/h3-6,9,11-13,21H,7-8,10H2,1-2H3,(H,29,30). The van der Waals surface area contributed by atoms with Crippen LogP contribution in [0.1, 0.15) is 41.4 Å². The van der Waals surface area contributed by atoms with Crippen LogP contribution in [0.2, 0.25) is 5.02 Å². The predicted molar refractivity (Wildman–Crippen MR) is 120 cm³/mol. The van der Waals surface area contributed by atoms with Gasteiger partial charge in [0.05, 0.1) is 12.3 Å². The zero-order valence-corrected chi connectivity index (χ0v) is 18.1. The first-order valence-electron chi connectivity index (χ1n) is 10.4. The number of pyridine rings is 1. The minimum absolute atomic E-state index is 0.0528. The van der Waals surface area contributed by atoms with Crippen LogP contribution in [0.3, 0.4) is 0 Å². The van der Waals surface area contributed by atoms with E-state index in [-0.39, 0.29) is 17.5 Å². The first kappa shape index (κ1) is 19.9. The molecule has 2 aliphatic rings. The first-order chi connectivity index (χ1) is 14.9. The Bertz CT molecular complexity index is 1290. The minimum Gasteiger partial charge on any atom is -0.492 e. The van der Waals surface area contributed by atoms with Crippen LogP contribution in [-0.2, 0) is 12.8 Å². The van der Waals surface area contributed by atoms with Crippen molar-refractivity contribution in [1.82, 2.24) is 4.57 Å². The third-order valence-electron chi connectivity index (χ3n) is 6.39. The molecule has 0 fully saturated rings. The third kappa shape index (κ3) is 3.07. The van der Waals surface area contributed by atoms with Gasteiger partial charge in [0.25, 0.3) is 0 Å². The molecule has 3 aromatic rings. The maximum atomic E-state index is 12.6. The van der Waals surface area contributed by atoms with E-state index in [0.717, 1.165) is 41.0 Å². The molecule has 0 spiro atoms.